The van der Waals surface area contributed by atoms with Crippen LogP contribution in [0.1, 0.15) is 6.92 Å². The SMILES string of the molecule is CCONC(=O)CN(C)C(=O)CBr. The molecule has 0 aromatic carbocycles. The first-order valence-corrected chi connectivity index (χ1v) is 4.94. The lowest BCUT2D eigenvalue weighted by Crippen LogP contribution is -2.38. The Hall–Kier alpha value is -0.620. The largest absolute Gasteiger partial charge is 0.336 e. The summed E-state index contributed by atoms with van der Waals surface area (Å²) in [6.45, 7) is 2.17. The summed E-state index contributed by atoms with van der Waals surface area (Å²) in [7, 11) is 1.55. The van der Waals surface area contributed by atoms with E-state index in [0.717, 1.165) is 0 Å². The van der Waals surface area contributed by atoms with Crippen LogP contribution >= 0.6 is 15.9 Å². The quantitative estimate of drug-likeness (QED) is 0.550. The van der Waals surface area contributed by atoms with Crippen LogP contribution in [0.25, 0.3) is 0 Å². The van der Waals surface area contributed by atoms with Gasteiger partial charge in [0.25, 0.3) is 5.91 Å². The summed E-state index contributed by atoms with van der Waals surface area (Å²) in [6.07, 6.45) is 0. The van der Waals surface area contributed by atoms with Crippen molar-refractivity contribution in [2.75, 3.05) is 25.5 Å². The maximum absolute atomic E-state index is 11.0. The van der Waals surface area contributed by atoms with Gasteiger partial charge in [0.1, 0.15) is 6.54 Å². The number of likely N-dealkylation sites (N-methyl/N-ethyl adjacent to an activating group) is 1. The third kappa shape index (κ3) is 5.59. The minimum absolute atomic E-state index is 0.00440. The lowest BCUT2D eigenvalue weighted by Gasteiger charge is -2.14. The summed E-state index contributed by atoms with van der Waals surface area (Å²) < 4.78 is 0. The Kier molecular flexibility index (Phi) is 6.52. The van der Waals surface area contributed by atoms with Crippen LogP contribution in [0.4, 0.5) is 0 Å². The molecule has 0 radical (unpaired) electrons. The first kappa shape index (κ1) is 12.4. The monoisotopic (exact) mass is 252 g/mol. The van der Waals surface area contributed by atoms with Crippen molar-refractivity contribution in [3.8, 4) is 0 Å². The van der Waals surface area contributed by atoms with Gasteiger partial charge in [0, 0.05) is 7.05 Å². The van der Waals surface area contributed by atoms with Crippen LogP contribution in [0.2, 0.25) is 0 Å². The lowest BCUT2D eigenvalue weighted by molar-refractivity contribution is -0.139. The fourth-order valence-electron chi connectivity index (χ4n) is 0.591. The number of carbonyl (C=O) groups is 2. The second-order valence-corrected chi connectivity index (χ2v) is 2.90. The van der Waals surface area contributed by atoms with E-state index in [1.54, 1.807) is 14.0 Å². The molecule has 0 aromatic rings. The van der Waals surface area contributed by atoms with Gasteiger partial charge >= 0.3 is 0 Å². The van der Waals surface area contributed by atoms with Gasteiger partial charge in [-0.2, -0.15) is 0 Å². The van der Waals surface area contributed by atoms with Crippen LogP contribution in [-0.2, 0) is 14.4 Å². The molecule has 0 spiro atoms. The summed E-state index contributed by atoms with van der Waals surface area (Å²) in [6, 6.07) is 0. The molecule has 1 N–H and O–H groups in total. The second kappa shape index (κ2) is 6.85. The third-order valence-electron chi connectivity index (χ3n) is 1.25. The molecular formula is C7H13BrN2O3. The highest BCUT2D eigenvalue weighted by Crippen LogP contribution is 1.89. The molecule has 0 heterocycles. The third-order valence-corrected chi connectivity index (χ3v) is 1.73. The first-order chi connectivity index (χ1) is 6.11. The number of amides is 2. The Labute approximate surface area is 85.5 Å². The number of carbonyl (C=O) groups excluding carboxylic acids is 2. The van der Waals surface area contributed by atoms with Gasteiger partial charge < -0.3 is 4.90 Å². The number of hydrogen-bond donors (Lipinski definition) is 1. The maximum atomic E-state index is 11.0. The molecule has 2 amide bonds. The fourth-order valence-corrected chi connectivity index (χ4v) is 1.02. The number of hydrogen-bond acceptors (Lipinski definition) is 3. The molecule has 0 rings (SSSR count). The van der Waals surface area contributed by atoms with Crippen LogP contribution in [0, 0.1) is 0 Å². The number of hydroxylamine groups is 1. The van der Waals surface area contributed by atoms with Crippen LogP contribution < -0.4 is 5.48 Å². The van der Waals surface area contributed by atoms with Gasteiger partial charge in [0.15, 0.2) is 0 Å². The molecule has 0 atom stereocenters. The van der Waals surface area contributed by atoms with Crippen molar-refractivity contribution in [2.24, 2.45) is 0 Å². The molecule has 0 aliphatic carbocycles. The molecule has 5 nitrogen and oxygen atoms in total. The molecule has 13 heavy (non-hydrogen) atoms. The Morgan fingerprint density at radius 2 is 2.15 bits per heavy atom. The summed E-state index contributed by atoms with van der Waals surface area (Å²) in [5.74, 6) is -0.481. The minimum atomic E-state index is -0.335. The highest BCUT2D eigenvalue weighted by atomic mass is 79.9. The molecule has 0 saturated heterocycles. The summed E-state index contributed by atoms with van der Waals surface area (Å²) in [5.41, 5.74) is 2.19. The number of alkyl halides is 1. The average Bonchev–Trinajstić information content (AvgIpc) is 2.13. The van der Waals surface area contributed by atoms with E-state index in [1.807, 2.05) is 0 Å². The maximum Gasteiger partial charge on any atom is 0.263 e. The Morgan fingerprint density at radius 3 is 2.62 bits per heavy atom. The topological polar surface area (TPSA) is 58.6 Å². The lowest BCUT2D eigenvalue weighted by atomic mass is 10.5. The molecule has 6 heteroatoms. The molecular weight excluding hydrogens is 240 g/mol. The number of rotatable bonds is 5. The van der Waals surface area contributed by atoms with Gasteiger partial charge in [0.2, 0.25) is 5.91 Å². The Balaban J connectivity index is 3.71. The molecule has 0 aromatic heterocycles. The standard InChI is InChI=1S/C7H13BrN2O3/c1-3-13-9-6(11)5-10(2)7(12)4-8/h3-5H2,1-2H3,(H,9,11). The predicted octanol–water partition coefficient (Wildman–Crippen LogP) is -0.0926. The summed E-state index contributed by atoms with van der Waals surface area (Å²) >= 11 is 3.00. The van der Waals surface area contributed by atoms with Crippen molar-refractivity contribution in [3.05, 3.63) is 0 Å². The van der Waals surface area contributed by atoms with E-state index in [0.29, 0.717) is 6.61 Å². The molecule has 0 saturated carbocycles. The van der Waals surface area contributed by atoms with Gasteiger partial charge in [0.05, 0.1) is 11.9 Å². The fraction of sp³-hybridized carbons (Fsp3) is 0.714. The zero-order valence-electron chi connectivity index (χ0n) is 7.67. The highest BCUT2D eigenvalue weighted by Gasteiger charge is 2.10. The van der Waals surface area contributed by atoms with E-state index in [2.05, 4.69) is 26.2 Å². The van der Waals surface area contributed by atoms with Crippen molar-refractivity contribution in [2.45, 2.75) is 6.92 Å². The van der Waals surface area contributed by atoms with E-state index in [4.69, 9.17) is 0 Å². The molecule has 0 aliphatic heterocycles. The van der Waals surface area contributed by atoms with Crippen molar-refractivity contribution in [3.63, 3.8) is 0 Å². The van der Waals surface area contributed by atoms with Crippen LogP contribution in [0.3, 0.4) is 0 Å². The van der Waals surface area contributed by atoms with Crippen molar-refractivity contribution < 1.29 is 14.4 Å². The smallest absolute Gasteiger partial charge is 0.263 e. The average molecular weight is 253 g/mol. The second-order valence-electron chi connectivity index (χ2n) is 2.34. The first-order valence-electron chi connectivity index (χ1n) is 3.82. The van der Waals surface area contributed by atoms with E-state index < -0.39 is 0 Å². The highest BCUT2D eigenvalue weighted by molar-refractivity contribution is 9.09. The van der Waals surface area contributed by atoms with Crippen LogP contribution in [-0.4, -0.2) is 42.2 Å². The van der Waals surface area contributed by atoms with Gasteiger partial charge in [-0.15, -0.1) is 0 Å². The summed E-state index contributed by atoms with van der Waals surface area (Å²) in [4.78, 5) is 27.9. The van der Waals surface area contributed by atoms with Crippen LogP contribution in [0.5, 0.6) is 0 Å². The van der Waals surface area contributed by atoms with Crippen LogP contribution in [0.15, 0.2) is 0 Å². The number of halogens is 1. The number of nitrogens with zero attached hydrogens (tertiary/aromatic N) is 1. The minimum Gasteiger partial charge on any atom is -0.336 e. The zero-order chi connectivity index (χ0) is 10.3. The normalized spacial score (nSPS) is 9.46. The van der Waals surface area contributed by atoms with Crippen molar-refractivity contribution in [1.82, 2.24) is 10.4 Å². The van der Waals surface area contributed by atoms with Crippen molar-refractivity contribution in [1.29, 1.82) is 0 Å². The Morgan fingerprint density at radius 1 is 1.54 bits per heavy atom. The van der Waals surface area contributed by atoms with E-state index in [9.17, 15) is 9.59 Å². The van der Waals surface area contributed by atoms with Gasteiger partial charge in [-0.25, -0.2) is 5.48 Å². The molecule has 0 aliphatic rings. The zero-order valence-corrected chi connectivity index (χ0v) is 9.26. The molecule has 0 unspecified atom stereocenters. The molecule has 0 fully saturated rings. The predicted molar refractivity (Wildman–Crippen MR) is 51.2 cm³/mol. The van der Waals surface area contributed by atoms with Gasteiger partial charge in [-0.1, -0.05) is 15.9 Å². The molecule has 76 valence electrons. The van der Waals surface area contributed by atoms with E-state index >= 15 is 0 Å². The van der Waals surface area contributed by atoms with Crippen molar-refractivity contribution >= 4 is 27.7 Å². The van der Waals surface area contributed by atoms with E-state index in [-0.39, 0.29) is 23.7 Å². The van der Waals surface area contributed by atoms with Gasteiger partial charge in [-0.05, 0) is 6.92 Å². The number of nitrogens with one attached hydrogen (secondary N) is 1. The van der Waals surface area contributed by atoms with E-state index in [1.165, 1.54) is 4.90 Å². The van der Waals surface area contributed by atoms with Gasteiger partial charge in [-0.3, -0.25) is 14.4 Å². The Bertz CT molecular complexity index is 187. The molecule has 0 bridgehead atoms. The summed E-state index contributed by atoms with van der Waals surface area (Å²) in [5, 5.41) is 0.214.